The molecule has 0 radical (unpaired) electrons. The van der Waals surface area contributed by atoms with Gasteiger partial charge in [0.1, 0.15) is 12.3 Å². The smallest absolute Gasteiger partial charge is 0.170 e. The molecule has 4 rings (SSSR count). The molecule has 144 valence electrons. The lowest BCUT2D eigenvalue weighted by Gasteiger charge is -2.37. The van der Waals surface area contributed by atoms with Gasteiger partial charge >= 0.3 is 0 Å². The van der Waals surface area contributed by atoms with Gasteiger partial charge in [-0.2, -0.15) is 0 Å². The van der Waals surface area contributed by atoms with Gasteiger partial charge in [-0.3, -0.25) is 9.79 Å². The summed E-state index contributed by atoms with van der Waals surface area (Å²) in [4.78, 5) is 20.8. The van der Waals surface area contributed by atoms with Crippen LogP contribution in [0.5, 0.6) is 5.75 Å². The number of nitrogens with zero attached hydrogens (tertiary/aromatic N) is 4. The van der Waals surface area contributed by atoms with Crippen LogP contribution in [0.4, 0.5) is 10.1 Å². The highest BCUT2D eigenvalue weighted by atomic mass is 19.1. The van der Waals surface area contributed by atoms with Crippen molar-refractivity contribution in [1.29, 1.82) is 0 Å². The van der Waals surface area contributed by atoms with Gasteiger partial charge in [0.05, 0.1) is 22.5 Å². The molecular weight excluding hydrogens is 347 g/mol. The first-order chi connectivity index (χ1) is 12.9. The Labute approximate surface area is 157 Å². The van der Waals surface area contributed by atoms with Crippen molar-refractivity contribution in [3.63, 3.8) is 0 Å². The van der Waals surface area contributed by atoms with Crippen molar-refractivity contribution in [3.8, 4) is 5.75 Å². The summed E-state index contributed by atoms with van der Waals surface area (Å²) in [7, 11) is 3.70. The summed E-state index contributed by atoms with van der Waals surface area (Å²) >= 11 is 0. The number of hydrogen-bond acceptors (Lipinski definition) is 5. The number of ether oxygens (including phenoxy) is 1. The van der Waals surface area contributed by atoms with Crippen molar-refractivity contribution in [1.82, 2.24) is 9.47 Å². The second kappa shape index (κ2) is 6.64. The van der Waals surface area contributed by atoms with E-state index in [1.54, 1.807) is 7.05 Å². The third kappa shape index (κ3) is 2.81. The average molecular weight is 372 g/mol. The van der Waals surface area contributed by atoms with Gasteiger partial charge in [-0.15, -0.1) is 0 Å². The predicted octanol–water partition coefficient (Wildman–Crippen LogP) is 2.22. The van der Waals surface area contributed by atoms with Gasteiger partial charge in [-0.05, 0) is 27.0 Å². The molecule has 0 saturated carbocycles. The summed E-state index contributed by atoms with van der Waals surface area (Å²) in [5, 5.41) is 1.15. The maximum Gasteiger partial charge on any atom is 0.170 e. The lowest BCUT2D eigenvalue weighted by molar-refractivity contribution is 0.101. The number of ketones is 1. The topological polar surface area (TPSA) is 50.1 Å². The van der Waals surface area contributed by atoms with Gasteiger partial charge in [0.25, 0.3) is 0 Å². The van der Waals surface area contributed by atoms with E-state index in [0.29, 0.717) is 34.4 Å². The maximum atomic E-state index is 15.3. The Morgan fingerprint density at radius 3 is 2.63 bits per heavy atom. The predicted molar refractivity (Wildman–Crippen MR) is 103 cm³/mol. The quantitative estimate of drug-likeness (QED) is 0.759. The number of aromatic nitrogens is 1. The number of rotatable bonds is 2. The number of carbonyl (C=O) groups excluding carboxylic acids is 1. The highest BCUT2D eigenvalue weighted by Crippen LogP contribution is 2.42. The van der Waals surface area contributed by atoms with E-state index in [2.05, 4.69) is 21.8 Å². The standard InChI is InChI=1S/C20H25FN4O2/c1-12-11-27-20-18-14(17(22-3)15(13(2)26)10-25(12)18)9-16(21)19(20)24-7-5-23(4)6-8-24/h9-10,12H,5-8,11H2,1-4H3/b22-17+/t12-/m0/s1. The fraction of sp³-hybridized carbons (Fsp3) is 0.500. The molecule has 2 aliphatic heterocycles. The van der Waals surface area contributed by atoms with Gasteiger partial charge in [0.2, 0.25) is 0 Å². The fourth-order valence-corrected chi connectivity index (χ4v) is 4.04. The first kappa shape index (κ1) is 18.0. The van der Waals surface area contributed by atoms with Crippen LogP contribution in [0.25, 0.3) is 10.9 Å². The zero-order valence-corrected chi connectivity index (χ0v) is 16.3. The number of carbonyl (C=O) groups is 1. The summed E-state index contributed by atoms with van der Waals surface area (Å²) < 4.78 is 23.4. The minimum atomic E-state index is -0.325. The first-order valence-corrected chi connectivity index (χ1v) is 9.33. The number of pyridine rings is 1. The van der Waals surface area contributed by atoms with Crippen LogP contribution in [0, 0.1) is 5.82 Å². The van der Waals surface area contributed by atoms with Crippen LogP contribution < -0.4 is 15.0 Å². The number of halogens is 1. The maximum absolute atomic E-state index is 15.3. The van der Waals surface area contributed by atoms with Gasteiger partial charge < -0.3 is 19.1 Å². The van der Waals surface area contributed by atoms with Crippen LogP contribution in [0.1, 0.15) is 30.2 Å². The van der Waals surface area contributed by atoms with E-state index in [0.717, 1.165) is 31.7 Å². The average Bonchev–Trinajstić information content (AvgIpc) is 2.64. The molecule has 0 unspecified atom stereocenters. The van der Waals surface area contributed by atoms with Crippen molar-refractivity contribution in [2.75, 3.05) is 51.8 Å². The van der Waals surface area contributed by atoms with Crippen LogP contribution in [0.3, 0.4) is 0 Å². The Bertz CT molecular complexity index is 990. The monoisotopic (exact) mass is 372 g/mol. The third-order valence-corrected chi connectivity index (χ3v) is 5.59. The molecule has 0 aliphatic carbocycles. The summed E-state index contributed by atoms with van der Waals surface area (Å²) in [5.41, 5.74) is 1.85. The molecule has 27 heavy (non-hydrogen) atoms. The Morgan fingerprint density at radius 1 is 1.30 bits per heavy atom. The van der Waals surface area contributed by atoms with Crippen molar-refractivity contribution in [3.05, 3.63) is 29.0 Å². The molecule has 1 aromatic carbocycles. The molecule has 0 bridgehead atoms. The molecule has 2 aromatic rings. The van der Waals surface area contributed by atoms with E-state index in [9.17, 15) is 4.79 Å². The van der Waals surface area contributed by atoms with Crippen molar-refractivity contribution in [2.45, 2.75) is 19.9 Å². The fourth-order valence-electron chi connectivity index (χ4n) is 4.04. The lowest BCUT2D eigenvalue weighted by Crippen LogP contribution is -2.45. The van der Waals surface area contributed by atoms with E-state index < -0.39 is 0 Å². The van der Waals surface area contributed by atoms with Gasteiger partial charge in [-0.1, -0.05) is 0 Å². The van der Waals surface area contributed by atoms with E-state index in [-0.39, 0.29) is 17.6 Å². The summed E-state index contributed by atoms with van der Waals surface area (Å²) in [5.74, 6) is 0.159. The lowest BCUT2D eigenvalue weighted by atomic mass is 10.0. The van der Waals surface area contributed by atoms with Crippen LogP contribution in [-0.4, -0.2) is 62.1 Å². The number of anilines is 1. The van der Waals surface area contributed by atoms with Gasteiger partial charge in [-0.25, -0.2) is 4.39 Å². The second-order valence-electron chi connectivity index (χ2n) is 7.46. The highest BCUT2D eigenvalue weighted by molar-refractivity contribution is 5.99. The molecule has 1 atom stereocenters. The van der Waals surface area contributed by atoms with Crippen LogP contribution in [0.15, 0.2) is 17.3 Å². The minimum absolute atomic E-state index is 0.0507. The van der Waals surface area contributed by atoms with Crippen LogP contribution in [0.2, 0.25) is 0 Å². The second-order valence-corrected chi connectivity index (χ2v) is 7.46. The molecule has 3 heterocycles. The molecule has 1 aromatic heterocycles. The van der Waals surface area contributed by atoms with E-state index in [1.807, 2.05) is 17.7 Å². The zero-order valence-electron chi connectivity index (χ0n) is 16.3. The molecule has 0 N–H and O–H groups in total. The number of likely N-dealkylation sites (N-methyl/N-ethyl adjacent to an activating group) is 1. The molecule has 0 amide bonds. The Hall–Kier alpha value is -2.41. The Balaban J connectivity index is 2.04. The molecule has 0 spiro atoms. The van der Waals surface area contributed by atoms with E-state index >= 15 is 4.39 Å². The van der Waals surface area contributed by atoms with Gasteiger partial charge in [0.15, 0.2) is 17.3 Å². The summed E-state index contributed by atoms with van der Waals surface area (Å²) in [6, 6.07) is 1.56. The number of Topliss-reactive ketones (excluding diaryl/α,β-unsaturated/α-hetero) is 1. The number of hydrogen-bond donors (Lipinski definition) is 0. The Kier molecular flexibility index (Phi) is 4.42. The minimum Gasteiger partial charge on any atom is -0.487 e. The normalized spacial score (nSPS) is 20.9. The number of piperazine rings is 1. The van der Waals surface area contributed by atoms with E-state index in [4.69, 9.17) is 4.74 Å². The third-order valence-electron chi connectivity index (χ3n) is 5.59. The van der Waals surface area contributed by atoms with Crippen LogP contribution >= 0.6 is 0 Å². The zero-order chi connectivity index (χ0) is 19.3. The largest absolute Gasteiger partial charge is 0.487 e. The van der Waals surface area contributed by atoms with Gasteiger partial charge in [0, 0.05) is 44.8 Å². The molecule has 1 fully saturated rings. The molecule has 2 aliphatic rings. The first-order valence-electron chi connectivity index (χ1n) is 9.33. The SMILES string of the molecule is C/N=c1/c(C(C)=O)cn2c3c(c(N4CCN(C)CC4)c(F)cc13)OC[C@@H]2C. The van der Waals surface area contributed by atoms with Crippen molar-refractivity contribution in [2.24, 2.45) is 4.99 Å². The van der Waals surface area contributed by atoms with E-state index in [1.165, 1.54) is 13.0 Å². The van der Waals surface area contributed by atoms with Crippen LogP contribution in [-0.2, 0) is 0 Å². The molecular formula is C20H25FN4O2. The molecule has 1 saturated heterocycles. The molecule has 6 nitrogen and oxygen atoms in total. The summed E-state index contributed by atoms with van der Waals surface area (Å²) in [6.45, 7) is 7.26. The Morgan fingerprint density at radius 2 is 2.00 bits per heavy atom. The van der Waals surface area contributed by atoms with Crippen molar-refractivity contribution >= 4 is 22.4 Å². The van der Waals surface area contributed by atoms with Crippen molar-refractivity contribution < 1.29 is 13.9 Å². The highest BCUT2D eigenvalue weighted by Gasteiger charge is 2.30. The number of benzene rings is 1. The molecule has 7 heteroatoms. The summed E-state index contributed by atoms with van der Waals surface area (Å²) in [6.07, 6.45) is 1.84.